The number of carbonyl (C=O) groups excluding carboxylic acids is 1. The molecule has 2 aromatic rings. The summed E-state index contributed by atoms with van der Waals surface area (Å²) < 4.78 is 6.27. The van der Waals surface area contributed by atoms with Gasteiger partial charge in [0.1, 0.15) is 17.9 Å². The molecular weight excluding hydrogens is 338 g/mol. The van der Waals surface area contributed by atoms with Gasteiger partial charge < -0.3 is 15.6 Å². The summed E-state index contributed by atoms with van der Waals surface area (Å²) in [4.78, 5) is 22.1. The molecule has 6 heteroatoms. The summed E-state index contributed by atoms with van der Waals surface area (Å²) in [6, 6.07) is 11.3. The van der Waals surface area contributed by atoms with Crippen LogP contribution in [-0.2, 0) is 6.61 Å². The topological polar surface area (TPSA) is 89.6 Å². The number of nitrogens with two attached hydrogens (primary N) is 1. The van der Waals surface area contributed by atoms with E-state index in [4.69, 9.17) is 15.6 Å². The molecule has 21 heavy (non-hydrogen) atoms. The smallest absolute Gasteiger partial charge is 0.339 e. The predicted molar refractivity (Wildman–Crippen MR) is 80.4 cm³/mol. The molecule has 0 atom stereocenters. The Morgan fingerprint density at radius 1 is 1.14 bits per heavy atom. The summed E-state index contributed by atoms with van der Waals surface area (Å²) in [6.45, 7) is 0.190. The number of carbonyl (C=O) groups is 2. The lowest BCUT2D eigenvalue weighted by Gasteiger charge is -2.10. The molecule has 0 bridgehead atoms. The summed E-state index contributed by atoms with van der Waals surface area (Å²) in [5.41, 5.74) is 6.46. The van der Waals surface area contributed by atoms with Gasteiger partial charge in [-0.3, -0.25) is 4.79 Å². The molecule has 0 aliphatic carbocycles. The van der Waals surface area contributed by atoms with Crippen molar-refractivity contribution in [1.29, 1.82) is 0 Å². The van der Waals surface area contributed by atoms with Crippen LogP contribution in [0.5, 0.6) is 5.75 Å². The van der Waals surface area contributed by atoms with Crippen molar-refractivity contribution in [3.8, 4) is 5.75 Å². The highest BCUT2D eigenvalue weighted by molar-refractivity contribution is 9.10. The number of primary amides is 1. The van der Waals surface area contributed by atoms with E-state index in [1.165, 1.54) is 6.07 Å². The first kappa shape index (κ1) is 15.1. The van der Waals surface area contributed by atoms with Crippen LogP contribution in [0.15, 0.2) is 46.9 Å². The van der Waals surface area contributed by atoms with Crippen LogP contribution in [0.3, 0.4) is 0 Å². The van der Waals surface area contributed by atoms with Crippen LogP contribution in [0.25, 0.3) is 0 Å². The molecule has 2 rings (SSSR count). The largest absolute Gasteiger partial charge is 0.488 e. The molecule has 0 aliphatic heterocycles. The van der Waals surface area contributed by atoms with Gasteiger partial charge in [-0.25, -0.2) is 4.79 Å². The molecule has 0 saturated heterocycles. The van der Waals surface area contributed by atoms with Crippen molar-refractivity contribution in [3.05, 3.63) is 63.6 Å². The lowest BCUT2D eigenvalue weighted by Crippen LogP contribution is -2.10. The zero-order valence-electron chi connectivity index (χ0n) is 10.9. The monoisotopic (exact) mass is 349 g/mol. The summed E-state index contributed by atoms with van der Waals surface area (Å²) in [5, 5.41) is 9.10. The maximum atomic E-state index is 11.1. The Kier molecular flexibility index (Phi) is 4.59. The molecule has 0 spiro atoms. The maximum Gasteiger partial charge on any atom is 0.339 e. The fraction of sp³-hybridized carbons (Fsp3) is 0.0667. The van der Waals surface area contributed by atoms with Gasteiger partial charge in [-0.1, -0.05) is 28.1 Å². The van der Waals surface area contributed by atoms with Crippen LogP contribution >= 0.6 is 15.9 Å². The van der Waals surface area contributed by atoms with Gasteiger partial charge in [0.05, 0.1) is 0 Å². The third-order valence-corrected chi connectivity index (χ3v) is 3.30. The molecule has 0 fully saturated rings. The van der Waals surface area contributed by atoms with Crippen LogP contribution in [0.2, 0.25) is 0 Å². The number of rotatable bonds is 5. The van der Waals surface area contributed by atoms with E-state index in [1.54, 1.807) is 36.4 Å². The molecule has 2 aromatic carbocycles. The van der Waals surface area contributed by atoms with E-state index in [9.17, 15) is 9.59 Å². The second kappa shape index (κ2) is 6.41. The summed E-state index contributed by atoms with van der Waals surface area (Å²) in [6.07, 6.45) is 0. The first-order chi connectivity index (χ1) is 9.97. The number of amides is 1. The van der Waals surface area contributed by atoms with Crippen molar-refractivity contribution >= 4 is 27.8 Å². The number of benzene rings is 2. The lowest BCUT2D eigenvalue weighted by molar-refractivity contribution is 0.0691. The second-order valence-corrected chi connectivity index (χ2v) is 5.21. The van der Waals surface area contributed by atoms with Crippen molar-refractivity contribution in [2.24, 2.45) is 5.73 Å². The Balaban J connectivity index is 2.14. The summed E-state index contributed by atoms with van der Waals surface area (Å²) >= 11 is 3.27. The average Bonchev–Trinajstić information content (AvgIpc) is 2.45. The second-order valence-electron chi connectivity index (χ2n) is 4.30. The zero-order chi connectivity index (χ0) is 15.4. The molecule has 0 aliphatic rings. The van der Waals surface area contributed by atoms with Crippen LogP contribution in [-0.4, -0.2) is 17.0 Å². The number of carboxylic acids is 1. The van der Waals surface area contributed by atoms with Crippen LogP contribution < -0.4 is 10.5 Å². The number of ether oxygens (including phenoxy) is 1. The van der Waals surface area contributed by atoms with E-state index >= 15 is 0 Å². The van der Waals surface area contributed by atoms with Gasteiger partial charge in [0, 0.05) is 10.0 Å². The maximum absolute atomic E-state index is 11.1. The molecule has 0 heterocycles. The fourth-order valence-electron chi connectivity index (χ4n) is 1.72. The van der Waals surface area contributed by atoms with Crippen molar-refractivity contribution in [2.45, 2.75) is 6.61 Å². The zero-order valence-corrected chi connectivity index (χ0v) is 12.5. The summed E-state index contributed by atoms with van der Waals surface area (Å²) in [5.74, 6) is -1.28. The van der Waals surface area contributed by atoms with Gasteiger partial charge in [0.15, 0.2) is 0 Å². The molecule has 0 unspecified atom stereocenters. The third-order valence-electron chi connectivity index (χ3n) is 2.81. The minimum atomic E-state index is -1.05. The number of aromatic carboxylic acids is 1. The fourth-order valence-corrected chi connectivity index (χ4v) is 2.06. The first-order valence-electron chi connectivity index (χ1n) is 6.02. The van der Waals surface area contributed by atoms with E-state index in [0.29, 0.717) is 5.56 Å². The van der Waals surface area contributed by atoms with E-state index in [1.807, 2.05) is 0 Å². The molecule has 3 N–H and O–H groups in total. The highest BCUT2D eigenvalue weighted by Gasteiger charge is 2.12. The highest BCUT2D eigenvalue weighted by atomic mass is 79.9. The van der Waals surface area contributed by atoms with Crippen molar-refractivity contribution in [1.82, 2.24) is 0 Å². The number of hydrogen-bond donors (Lipinski definition) is 2. The first-order valence-corrected chi connectivity index (χ1v) is 6.81. The Morgan fingerprint density at radius 3 is 2.38 bits per heavy atom. The van der Waals surface area contributed by atoms with Crippen LogP contribution in [0.4, 0.5) is 0 Å². The number of carboxylic acid groups (broad SMARTS) is 1. The third kappa shape index (κ3) is 3.82. The van der Waals surface area contributed by atoms with E-state index in [2.05, 4.69) is 15.9 Å². The van der Waals surface area contributed by atoms with Crippen molar-refractivity contribution < 1.29 is 19.4 Å². The van der Waals surface area contributed by atoms with E-state index in [-0.39, 0.29) is 17.9 Å². The lowest BCUT2D eigenvalue weighted by atomic mass is 10.1. The van der Waals surface area contributed by atoms with Crippen molar-refractivity contribution in [3.63, 3.8) is 0 Å². The molecule has 108 valence electrons. The van der Waals surface area contributed by atoms with Crippen LogP contribution in [0, 0.1) is 0 Å². The molecule has 0 aromatic heterocycles. The average molecular weight is 350 g/mol. The van der Waals surface area contributed by atoms with Gasteiger partial charge in [-0.05, 0) is 35.9 Å². The van der Waals surface area contributed by atoms with E-state index in [0.717, 1.165) is 10.0 Å². The number of hydrogen-bond acceptors (Lipinski definition) is 3. The minimum absolute atomic E-state index is 0.0898. The Labute approximate surface area is 129 Å². The molecule has 0 radical (unpaired) electrons. The molecule has 1 amide bonds. The standard InChI is InChI=1S/C15H12BrNO4/c16-11-5-6-12(15(19)20)13(7-11)21-8-9-1-3-10(4-2-9)14(17)18/h1-7H,8H2,(H2,17,18)(H,19,20). The Hall–Kier alpha value is -2.34. The van der Waals surface area contributed by atoms with Crippen molar-refractivity contribution in [2.75, 3.05) is 0 Å². The van der Waals surface area contributed by atoms with Gasteiger partial charge >= 0.3 is 5.97 Å². The normalized spacial score (nSPS) is 10.1. The van der Waals surface area contributed by atoms with Crippen LogP contribution in [0.1, 0.15) is 26.3 Å². The minimum Gasteiger partial charge on any atom is -0.488 e. The van der Waals surface area contributed by atoms with Gasteiger partial charge in [-0.2, -0.15) is 0 Å². The Morgan fingerprint density at radius 2 is 1.81 bits per heavy atom. The Bertz CT molecular complexity index is 683. The quantitative estimate of drug-likeness (QED) is 0.868. The SMILES string of the molecule is NC(=O)c1ccc(COc2cc(Br)ccc2C(=O)O)cc1. The molecule has 0 saturated carbocycles. The predicted octanol–water partition coefficient (Wildman–Crippen LogP) is 2.83. The number of halogens is 1. The van der Waals surface area contributed by atoms with Gasteiger partial charge in [0.2, 0.25) is 5.91 Å². The molecular formula is C15H12BrNO4. The van der Waals surface area contributed by atoms with Gasteiger partial charge in [0.25, 0.3) is 0 Å². The summed E-state index contributed by atoms with van der Waals surface area (Å²) in [7, 11) is 0. The van der Waals surface area contributed by atoms with E-state index < -0.39 is 11.9 Å². The molecule has 5 nitrogen and oxygen atoms in total. The highest BCUT2D eigenvalue weighted by Crippen LogP contribution is 2.24. The van der Waals surface area contributed by atoms with Gasteiger partial charge in [-0.15, -0.1) is 0 Å².